The fourth-order valence-electron chi connectivity index (χ4n) is 1.67. The number of pyridine rings is 1. The van der Waals surface area contributed by atoms with E-state index in [9.17, 15) is 4.79 Å². The van der Waals surface area contributed by atoms with Crippen molar-refractivity contribution in [3.05, 3.63) is 70.5 Å². The fraction of sp³-hybridized carbons (Fsp3) is 0. The standard InChI is InChI=1S/C15H9N3O2/c19-15-17-14(18-20-15)12-5-3-4-11(10-12)7-8-13-6-1-2-9-16-13/h1-6,9-10H,(H,17,18,19). The highest BCUT2D eigenvalue weighted by Gasteiger charge is 2.03. The number of nitrogens with zero attached hydrogens (tertiary/aromatic N) is 2. The Morgan fingerprint density at radius 2 is 2.05 bits per heavy atom. The summed E-state index contributed by atoms with van der Waals surface area (Å²) in [5.41, 5.74) is 2.24. The van der Waals surface area contributed by atoms with Crippen LogP contribution in [-0.2, 0) is 0 Å². The van der Waals surface area contributed by atoms with Gasteiger partial charge in [0, 0.05) is 17.3 Å². The van der Waals surface area contributed by atoms with Gasteiger partial charge in [-0.05, 0) is 30.2 Å². The third-order valence-electron chi connectivity index (χ3n) is 2.58. The highest BCUT2D eigenvalue weighted by molar-refractivity contribution is 5.58. The average Bonchev–Trinajstić information content (AvgIpc) is 2.93. The number of aromatic nitrogens is 3. The molecule has 0 saturated carbocycles. The van der Waals surface area contributed by atoms with Crippen molar-refractivity contribution in [2.24, 2.45) is 0 Å². The normalized spacial score (nSPS) is 9.80. The monoisotopic (exact) mass is 263 g/mol. The Bertz CT molecular complexity index is 838. The SMILES string of the molecule is O=c1[nH]c(-c2cccc(C#Cc3ccccn3)c2)no1. The molecule has 0 spiro atoms. The van der Waals surface area contributed by atoms with E-state index < -0.39 is 5.76 Å². The topological polar surface area (TPSA) is 71.8 Å². The molecule has 0 aliphatic heterocycles. The van der Waals surface area contributed by atoms with Gasteiger partial charge in [0.05, 0.1) is 0 Å². The predicted octanol–water partition coefficient (Wildman–Crippen LogP) is 1.82. The number of aromatic amines is 1. The maximum absolute atomic E-state index is 10.9. The van der Waals surface area contributed by atoms with Gasteiger partial charge in [-0.3, -0.25) is 9.51 Å². The molecule has 0 unspecified atom stereocenters. The average molecular weight is 263 g/mol. The Kier molecular flexibility index (Phi) is 3.13. The van der Waals surface area contributed by atoms with E-state index in [1.807, 2.05) is 42.5 Å². The highest BCUT2D eigenvalue weighted by Crippen LogP contribution is 2.14. The van der Waals surface area contributed by atoms with Crippen LogP contribution in [0.2, 0.25) is 0 Å². The lowest BCUT2D eigenvalue weighted by atomic mass is 10.1. The van der Waals surface area contributed by atoms with Gasteiger partial charge in [-0.2, -0.15) is 0 Å². The van der Waals surface area contributed by atoms with Crippen molar-refractivity contribution >= 4 is 0 Å². The van der Waals surface area contributed by atoms with Crippen LogP contribution in [0.3, 0.4) is 0 Å². The van der Waals surface area contributed by atoms with Gasteiger partial charge < -0.3 is 0 Å². The molecule has 1 aromatic carbocycles. The second-order valence-corrected chi connectivity index (χ2v) is 3.99. The molecule has 0 atom stereocenters. The zero-order chi connectivity index (χ0) is 13.8. The summed E-state index contributed by atoms with van der Waals surface area (Å²) >= 11 is 0. The summed E-state index contributed by atoms with van der Waals surface area (Å²) < 4.78 is 4.48. The minimum absolute atomic E-state index is 0.386. The Morgan fingerprint density at radius 1 is 1.10 bits per heavy atom. The van der Waals surface area contributed by atoms with Crippen LogP contribution in [0.25, 0.3) is 11.4 Å². The summed E-state index contributed by atoms with van der Waals surface area (Å²) in [6, 6.07) is 12.9. The first-order chi connectivity index (χ1) is 9.81. The van der Waals surface area contributed by atoms with Gasteiger partial charge >= 0.3 is 5.76 Å². The van der Waals surface area contributed by atoms with E-state index in [1.54, 1.807) is 6.20 Å². The molecule has 0 saturated heterocycles. The summed E-state index contributed by atoms with van der Waals surface area (Å²) in [7, 11) is 0. The van der Waals surface area contributed by atoms with Gasteiger partial charge in [0.15, 0.2) is 5.82 Å². The summed E-state index contributed by atoms with van der Waals surface area (Å²) in [5.74, 6) is 5.79. The fourth-order valence-corrected chi connectivity index (χ4v) is 1.67. The maximum atomic E-state index is 10.9. The Hall–Kier alpha value is -3.13. The zero-order valence-corrected chi connectivity index (χ0v) is 10.3. The Balaban J connectivity index is 1.93. The molecule has 0 fully saturated rings. The highest BCUT2D eigenvalue weighted by atomic mass is 16.5. The predicted molar refractivity (Wildman–Crippen MR) is 72.8 cm³/mol. The van der Waals surface area contributed by atoms with Crippen LogP contribution in [0.1, 0.15) is 11.3 Å². The van der Waals surface area contributed by atoms with Crippen molar-refractivity contribution in [2.75, 3.05) is 0 Å². The van der Waals surface area contributed by atoms with Crippen LogP contribution in [0.15, 0.2) is 58.0 Å². The molecule has 0 bridgehead atoms. The van der Waals surface area contributed by atoms with Crippen LogP contribution >= 0.6 is 0 Å². The largest absolute Gasteiger partial charge is 0.439 e. The number of rotatable bonds is 1. The van der Waals surface area contributed by atoms with Crippen molar-refractivity contribution in [3.8, 4) is 23.2 Å². The van der Waals surface area contributed by atoms with E-state index in [0.29, 0.717) is 11.5 Å². The Labute approximate surface area is 114 Å². The number of hydrogen-bond acceptors (Lipinski definition) is 4. The molecule has 0 aliphatic carbocycles. The summed E-state index contributed by atoms with van der Waals surface area (Å²) in [6.45, 7) is 0. The number of nitrogens with one attached hydrogen (secondary N) is 1. The minimum Gasteiger partial charge on any atom is -0.296 e. The summed E-state index contributed by atoms with van der Waals surface area (Å²) in [4.78, 5) is 17.6. The van der Waals surface area contributed by atoms with Crippen molar-refractivity contribution in [3.63, 3.8) is 0 Å². The van der Waals surface area contributed by atoms with Gasteiger partial charge in [-0.25, -0.2) is 9.78 Å². The molecule has 3 aromatic rings. The van der Waals surface area contributed by atoms with E-state index in [0.717, 1.165) is 11.1 Å². The molecule has 0 aliphatic rings. The molecule has 5 heteroatoms. The molecular formula is C15H9N3O2. The van der Waals surface area contributed by atoms with E-state index in [2.05, 4.69) is 31.5 Å². The molecule has 1 N–H and O–H groups in total. The number of hydrogen-bond donors (Lipinski definition) is 1. The molecule has 2 heterocycles. The van der Waals surface area contributed by atoms with Crippen LogP contribution < -0.4 is 5.76 Å². The van der Waals surface area contributed by atoms with Gasteiger partial charge in [-0.15, -0.1) is 0 Å². The summed E-state index contributed by atoms with van der Waals surface area (Å²) in [6.07, 6.45) is 1.70. The second-order valence-electron chi connectivity index (χ2n) is 3.99. The Morgan fingerprint density at radius 3 is 2.80 bits per heavy atom. The lowest BCUT2D eigenvalue weighted by molar-refractivity contribution is 0.388. The third-order valence-corrected chi connectivity index (χ3v) is 2.58. The second kappa shape index (κ2) is 5.24. The van der Waals surface area contributed by atoms with Gasteiger partial charge in [0.25, 0.3) is 0 Å². The number of benzene rings is 1. The van der Waals surface area contributed by atoms with Crippen molar-refractivity contribution in [2.45, 2.75) is 0 Å². The van der Waals surface area contributed by atoms with E-state index in [-0.39, 0.29) is 0 Å². The summed E-state index contributed by atoms with van der Waals surface area (Å²) in [5, 5.41) is 3.64. The molecule has 0 amide bonds. The minimum atomic E-state index is -0.579. The molecule has 3 rings (SSSR count). The molecule has 5 nitrogen and oxygen atoms in total. The van der Waals surface area contributed by atoms with Crippen molar-refractivity contribution in [1.82, 2.24) is 15.1 Å². The maximum Gasteiger partial charge on any atom is 0.439 e. The van der Waals surface area contributed by atoms with Crippen LogP contribution in [0.5, 0.6) is 0 Å². The van der Waals surface area contributed by atoms with Gasteiger partial charge in [0.1, 0.15) is 5.69 Å². The van der Waals surface area contributed by atoms with Crippen molar-refractivity contribution < 1.29 is 4.52 Å². The lowest BCUT2D eigenvalue weighted by Crippen LogP contribution is -1.94. The first-order valence-corrected chi connectivity index (χ1v) is 5.91. The molecule has 2 aromatic heterocycles. The smallest absolute Gasteiger partial charge is 0.296 e. The first kappa shape index (κ1) is 11.9. The molecule has 0 radical (unpaired) electrons. The van der Waals surface area contributed by atoms with E-state index in [4.69, 9.17) is 0 Å². The zero-order valence-electron chi connectivity index (χ0n) is 10.3. The van der Waals surface area contributed by atoms with Crippen LogP contribution in [-0.4, -0.2) is 15.1 Å². The molecule has 20 heavy (non-hydrogen) atoms. The van der Waals surface area contributed by atoms with E-state index >= 15 is 0 Å². The first-order valence-electron chi connectivity index (χ1n) is 5.91. The number of H-pyrrole nitrogens is 1. The quantitative estimate of drug-likeness (QED) is 0.680. The molecular weight excluding hydrogens is 254 g/mol. The van der Waals surface area contributed by atoms with Gasteiger partial charge in [-0.1, -0.05) is 29.3 Å². The molecule has 96 valence electrons. The van der Waals surface area contributed by atoms with Crippen LogP contribution in [0.4, 0.5) is 0 Å². The van der Waals surface area contributed by atoms with E-state index in [1.165, 1.54) is 0 Å². The van der Waals surface area contributed by atoms with Crippen molar-refractivity contribution in [1.29, 1.82) is 0 Å². The third kappa shape index (κ3) is 2.65. The lowest BCUT2D eigenvalue weighted by Gasteiger charge is -1.95. The van der Waals surface area contributed by atoms with Crippen LogP contribution in [0, 0.1) is 11.8 Å². The van der Waals surface area contributed by atoms with Gasteiger partial charge in [0.2, 0.25) is 0 Å².